The zero-order valence-corrected chi connectivity index (χ0v) is 12.7. The number of benzene rings is 1. The van der Waals surface area contributed by atoms with E-state index >= 15 is 0 Å². The number of amides is 1. The molecule has 22 heavy (non-hydrogen) atoms. The van der Waals surface area contributed by atoms with Gasteiger partial charge in [-0.25, -0.2) is 4.98 Å². The smallest absolute Gasteiger partial charge is 0.223 e. The van der Waals surface area contributed by atoms with Crippen LogP contribution in [0.3, 0.4) is 0 Å². The first-order valence-corrected chi connectivity index (χ1v) is 7.97. The summed E-state index contributed by atoms with van der Waals surface area (Å²) in [4.78, 5) is 16.5. The van der Waals surface area contributed by atoms with Crippen molar-refractivity contribution in [3.8, 4) is 11.4 Å². The van der Waals surface area contributed by atoms with Gasteiger partial charge in [-0.05, 0) is 49.7 Å². The average Bonchev–Trinajstić information content (AvgIpc) is 3.42. The second-order valence-corrected chi connectivity index (χ2v) is 6.51. The molecule has 0 aliphatic heterocycles. The van der Waals surface area contributed by atoms with E-state index in [9.17, 15) is 4.79 Å². The lowest BCUT2D eigenvalue weighted by molar-refractivity contribution is -0.122. The van der Waals surface area contributed by atoms with Gasteiger partial charge in [0, 0.05) is 18.0 Å². The van der Waals surface area contributed by atoms with Crippen molar-refractivity contribution in [1.82, 2.24) is 20.5 Å². The quantitative estimate of drug-likeness (QED) is 0.890. The fourth-order valence-corrected chi connectivity index (χ4v) is 3.17. The van der Waals surface area contributed by atoms with Gasteiger partial charge >= 0.3 is 0 Å². The fourth-order valence-electron chi connectivity index (χ4n) is 3.17. The Labute approximate surface area is 129 Å². The molecule has 4 rings (SSSR count). The SMILES string of the molecule is Cc1nc(-c2cccc(CNC(=O)[C@@H]3C[C@H]3C3CC3)c2)n[nH]1. The zero-order valence-electron chi connectivity index (χ0n) is 12.7. The minimum atomic E-state index is 0.219. The van der Waals surface area contributed by atoms with Gasteiger partial charge < -0.3 is 5.32 Å². The lowest BCUT2D eigenvalue weighted by atomic mass is 10.1. The first-order chi connectivity index (χ1) is 10.7. The number of rotatable bonds is 5. The van der Waals surface area contributed by atoms with Gasteiger partial charge in [-0.15, -0.1) is 0 Å². The number of hydrogen-bond donors (Lipinski definition) is 2. The van der Waals surface area contributed by atoms with Crippen LogP contribution < -0.4 is 5.32 Å². The predicted octanol–water partition coefficient (Wildman–Crippen LogP) is 2.44. The van der Waals surface area contributed by atoms with Crippen molar-refractivity contribution in [1.29, 1.82) is 0 Å². The van der Waals surface area contributed by atoms with Crippen molar-refractivity contribution in [2.75, 3.05) is 0 Å². The lowest BCUT2D eigenvalue weighted by Crippen LogP contribution is -2.25. The van der Waals surface area contributed by atoms with Gasteiger partial charge in [0.1, 0.15) is 5.82 Å². The molecule has 5 nitrogen and oxygen atoms in total. The zero-order chi connectivity index (χ0) is 15.1. The summed E-state index contributed by atoms with van der Waals surface area (Å²) in [6, 6.07) is 8.02. The van der Waals surface area contributed by atoms with Crippen molar-refractivity contribution < 1.29 is 4.79 Å². The molecule has 2 aliphatic carbocycles. The van der Waals surface area contributed by atoms with Gasteiger partial charge in [-0.3, -0.25) is 9.89 Å². The molecule has 0 saturated heterocycles. The molecular formula is C17H20N4O. The van der Waals surface area contributed by atoms with Gasteiger partial charge in [0.2, 0.25) is 5.91 Å². The van der Waals surface area contributed by atoms with E-state index in [1.54, 1.807) is 0 Å². The normalized spacial score (nSPS) is 23.3. The Morgan fingerprint density at radius 3 is 3.00 bits per heavy atom. The second-order valence-electron chi connectivity index (χ2n) is 6.51. The van der Waals surface area contributed by atoms with Gasteiger partial charge in [0.25, 0.3) is 0 Å². The predicted molar refractivity (Wildman–Crippen MR) is 82.7 cm³/mol. The maximum absolute atomic E-state index is 12.1. The molecule has 5 heteroatoms. The number of aromatic nitrogens is 3. The highest BCUT2D eigenvalue weighted by Crippen LogP contribution is 2.54. The molecule has 2 aromatic rings. The molecule has 2 saturated carbocycles. The number of hydrogen-bond acceptors (Lipinski definition) is 3. The fraction of sp³-hybridized carbons (Fsp3) is 0.471. The van der Waals surface area contributed by atoms with E-state index in [1.807, 2.05) is 31.2 Å². The first kappa shape index (κ1) is 13.5. The molecule has 2 fully saturated rings. The van der Waals surface area contributed by atoms with Crippen LogP contribution in [0.1, 0.15) is 30.7 Å². The van der Waals surface area contributed by atoms with Gasteiger partial charge in [0.15, 0.2) is 5.82 Å². The summed E-state index contributed by atoms with van der Waals surface area (Å²) in [6.45, 7) is 2.45. The number of nitrogens with zero attached hydrogens (tertiary/aromatic N) is 2. The summed E-state index contributed by atoms with van der Waals surface area (Å²) in [5.74, 6) is 3.49. The van der Waals surface area contributed by atoms with Crippen LogP contribution in [0.15, 0.2) is 24.3 Å². The first-order valence-electron chi connectivity index (χ1n) is 7.97. The molecule has 1 aromatic carbocycles. The van der Waals surface area contributed by atoms with Crippen LogP contribution in [-0.2, 0) is 11.3 Å². The van der Waals surface area contributed by atoms with Crippen LogP contribution >= 0.6 is 0 Å². The molecule has 114 valence electrons. The molecule has 0 radical (unpaired) electrons. The van der Waals surface area contributed by atoms with E-state index in [2.05, 4.69) is 20.5 Å². The van der Waals surface area contributed by atoms with E-state index in [-0.39, 0.29) is 11.8 Å². The second kappa shape index (κ2) is 5.23. The van der Waals surface area contributed by atoms with Crippen LogP contribution in [-0.4, -0.2) is 21.1 Å². The molecule has 1 heterocycles. The Kier molecular flexibility index (Phi) is 3.21. The van der Waals surface area contributed by atoms with Gasteiger partial charge in [-0.1, -0.05) is 18.2 Å². The Morgan fingerprint density at radius 1 is 1.41 bits per heavy atom. The Morgan fingerprint density at radius 2 is 2.27 bits per heavy atom. The number of nitrogens with one attached hydrogen (secondary N) is 2. The number of aryl methyl sites for hydroxylation is 1. The standard InChI is InChI=1S/C17H20N4O/c1-10-19-16(21-20-10)13-4-2-3-11(7-13)9-18-17(22)15-8-14(15)12-5-6-12/h2-4,7,12,14-15H,5-6,8-9H2,1H3,(H,18,22)(H,19,20,21)/t14-,15+/m0/s1. The topological polar surface area (TPSA) is 70.7 Å². The summed E-state index contributed by atoms with van der Waals surface area (Å²) in [6.07, 6.45) is 3.74. The number of aromatic amines is 1. The van der Waals surface area contributed by atoms with Crippen LogP contribution in [0.5, 0.6) is 0 Å². The van der Waals surface area contributed by atoms with Crippen molar-refractivity contribution in [2.45, 2.75) is 32.7 Å². The summed E-state index contributed by atoms with van der Waals surface area (Å²) in [5, 5.41) is 10.1. The summed E-state index contributed by atoms with van der Waals surface area (Å²) in [5.41, 5.74) is 2.05. The summed E-state index contributed by atoms with van der Waals surface area (Å²) < 4.78 is 0. The lowest BCUT2D eigenvalue weighted by Gasteiger charge is -2.06. The molecule has 1 aromatic heterocycles. The third-order valence-electron chi connectivity index (χ3n) is 4.65. The van der Waals surface area contributed by atoms with E-state index in [0.29, 0.717) is 18.3 Å². The molecule has 2 aliphatic rings. The third-order valence-corrected chi connectivity index (χ3v) is 4.65. The Balaban J connectivity index is 1.37. The molecule has 0 spiro atoms. The molecule has 2 atom stereocenters. The maximum Gasteiger partial charge on any atom is 0.223 e. The average molecular weight is 296 g/mol. The monoisotopic (exact) mass is 296 g/mol. The Bertz CT molecular complexity index is 704. The minimum absolute atomic E-state index is 0.219. The summed E-state index contributed by atoms with van der Waals surface area (Å²) >= 11 is 0. The van der Waals surface area contributed by atoms with Gasteiger partial charge in [0.05, 0.1) is 0 Å². The molecular weight excluding hydrogens is 276 g/mol. The number of H-pyrrole nitrogens is 1. The van der Waals surface area contributed by atoms with Crippen molar-refractivity contribution in [2.24, 2.45) is 17.8 Å². The van der Waals surface area contributed by atoms with Crippen LogP contribution in [0, 0.1) is 24.7 Å². The highest BCUT2D eigenvalue weighted by Gasteiger charge is 2.50. The van der Waals surface area contributed by atoms with Crippen molar-refractivity contribution >= 4 is 5.91 Å². The minimum Gasteiger partial charge on any atom is -0.352 e. The van der Waals surface area contributed by atoms with E-state index in [1.165, 1.54) is 12.8 Å². The van der Waals surface area contributed by atoms with Crippen LogP contribution in [0.4, 0.5) is 0 Å². The van der Waals surface area contributed by atoms with Crippen LogP contribution in [0.25, 0.3) is 11.4 Å². The maximum atomic E-state index is 12.1. The number of carbonyl (C=O) groups is 1. The highest BCUT2D eigenvalue weighted by molar-refractivity contribution is 5.81. The van der Waals surface area contributed by atoms with Crippen molar-refractivity contribution in [3.05, 3.63) is 35.7 Å². The van der Waals surface area contributed by atoms with E-state index < -0.39 is 0 Å². The van der Waals surface area contributed by atoms with E-state index in [0.717, 1.165) is 29.3 Å². The van der Waals surface area contributed by atoms with Crippen molar-refractivity contribution in [3.63, 3.8) is 0 Å². The molecule has 1 amide bonds. The number of carbonyl (C=O) groups excluding carboxylic acids is 1. The molecule has 0 unspecified atom stereocenters. The highest BCUT2D eigenvalue weighted by atomic mass is 16.2. The molecule has 2 N–H and O–H groups in total. The Hall–Kier alpha value is -2.17. The molecule has 0 bridgehead atoms. The largest absolute Gasteiger partial charge is 0.352 e. The van der Waals surface area contributed by atoms with E-state index in [4.69, 9.17) is 0 Å². The summed E-state index contributed by atoms with van der Waals surface area (Å²) in [7, 11) is 0. The van der Waals surface area contributed by atoms with Crippen LogP contribution in [0.2, 0.25) is 0 Å². The third kappa shape index (κ3) is 2.75. The van der Waals surface area contributed by atoms with Gasteiger partial charge in [-0.2, -0.15) is 5.10 Å².